The van der Waals surface area contributed by atoms with Crippen LogP contribution < -0.4 is 0 Å². The summed E-state index contributed by atoms with van der Waals surface area (Å²) in [5.41, 5.74) is 0. The maximum absolute atomic E-state index is 12.0. The molecular formula is C32H58O4. The van der Waals surface area contributed by atoms with Gasteiger partial charge in [-0.1, -0.05) is 121 Å². The van der Waals surface area contributed by atoms with Crippen molar-refractivity contribution in [3.8, 4) is 0 Å². The van der Waals surface area contributed by atoms with E-state index in [0.717, 1.165) is 38.5 Å². The number of carbonyl (C=O) groups is 1. The molecule has 0 aliphatic heterocycles. The van der Waals surface area contributed by atoms with Gasteiger partial charge in [0.15, 0.2) is 0 Å². The third-order valence-corrected chi connectivity index (χ3v) is 6.23. The van der Waals surface area contributed by atoms with Crippen molar-refractivity contribution in [1.29, 1.82) is 0 Å². The smallest absolute Gasteiger partial charge is 0.306 e. The first-order chi connectivity index (χ1) is 17.7. The average Bonchev–Trinajstić information content (AvgIpc) is 2.88. The summed E-state index contributed by atoms with van der Waals surface area (Å²) >= 11 is 0. The Kier molecular flexibility index (Phi) is 28.7. The van der Waals surface area contributed by atoms with E-state index in [0.29, 0.717) is 19.6 Å². The van der Waals surface area contributed by atoms with Crippen LogP contribution in [0.5, 0.6) is 0 Å². The van der Waals surface area contributed by atoms with Crippen LogP contribution >= 0.6 is 0 Å². The first-order valence-corrected chi connectivity index (χ1v) is 15.1. The number of ether oxygens (including phenoxy) is 2. The minimum Gasteiger partial charge on any atom is -0.457 e. The molecule has 0 rings (SSSR count). The Labute approximate surface area is 223 Å². The van der Waals surface area contributed by atoms with E-state index in [1.807, 2.05) is 0 Å². The highest BCUT2D eigenvalue weighted by Gasteiger charge is 2.13. The lowest BCUT2D eigenvalue weighted by Gasteiger charge is -2.15. The van der Waals surface area contributed by atoms with E-state index < -0.39 is 6.10 Å². The van der Waals surface area contributed by atoms with Crippen molar-refractivity contribution < 1.29 is 19.4 Å². The highest BCUT2D eigenvalue weighted by Crippen LogP contribution is 2.11. The molecule has 4 nitrogen and oxygen atoms in total. The number of hydrogen-bond acceptors (Lipinski definition) is 4. The molecule has 1 unspecified atom stereocenters. The molecule has 0 saturated heterocycles. The molecule has 0 aromatic heterocycles. The second-order valence-corrected chi connectivity index (χ2v) is 9.80. The van der Waals surface area contributed by atoms with Crippen molar-refractivity contribution in [2.24, 2.45) is 0 Å². The van der Waals surface area contributed by atoms with Gasteiger partial charge in [-0.25, -0.2) is 0 Å². The van der Waals surface area contributed by atoms with Crippen molar-refractivity contribution in [3.05, 3.63) is 36.5 Å². The lowest BCUT2D eigenvalue weighted by atomic mass is 10.1. The second-order valence-electron chi connectivity index (χ2n) is 9.80. The number of rotatable bonds is 27. The van der Waals surface area contributed by atoms with Crippen LogP contribution in [0.1, 0.15) is 136 Å². The summed E-state index contributed by atoms with van der Waals surface area (Å²) in [5.74, 6) is -0.215. The number of allylic oxidation sites excluding steroid dienone is 6. The Morgan fingerprint density at radius 2 is 1.25 bits per heavy atom. The highest BCUT2D eigenvalue weighted by atomic mass is 16.6. The van der Waals surface area contributed by atoms with Gasteiger partial charge in [0.2, 0.25) is 0 Å². The molecule has 4 heteroatoms. The van der Waals surface area contributed by atoms with E-state index in [1.165, 1.54) is 77.0 Å². The van der Waals surface area contributed by atoms with Gasteiger partial charge in [0, 0.05) is 13.0 Å². The Hall–Kier alpha value is -1.39. The average molecular weight is 507 g/mol. The molecule has 210 valence electrons. The molecule has 36 heavy (non-hydrogen) atoms. The summed E-state index contributed by atoms with van der Waals surface area (Å²) in [7, 11) is 0. The normalized spacial score (nSPS) is 12.9. The summed E-state index contributed by atoms with van der Waals surface area (Å²) in [6.45, 7) is 5.18. The zero-order chi connectivity index (χ0) is 26.4. The van der Waals surface area contributed by atoms with Gasteiger partial charge in [-0.2, -0.15) is 0 Å². The Balaban J connectivity index is 3.49. The highest BCUT2D eigenvalue weighted by molar-refractivity contribution is 5.69. The lowest BCUT2D eigenvalue weighted by molar-refractivity contribution is -0.154. The zero-order valence-electron chi connectivity index (χ0n) is 23.8. The summed E-state index contributed by atoms with van der Waals surface area (Å²) in [5, 5.41) is 9.45. The third kappa shape index (κ3) is 27.2. The fraction of sp³-hybridized carbons (Fsp3) is 0.781. The van der Waals surface area contributed by atoms with Gasteiger partial charge in [-0.15, -0.1) is 0 Å². The van der Waals surface area contributed by atoms with E-state index in [9.17, 15) is 9.90 Å². The molecule has 0 bridgehead atoms. The predicted molar refractivity (Wildman–Crippen MR) is 154 cm³/mol. The first kappa shape index (κ1) is 34.6. The fourth-order valence-electron chi connectivity index (χ4n) is 3.99. The van der Waals surface area contributed by atoms with Crippen LogP contribution in [0.15, 0.2) is 36.5 Å². The third-order valence-electron chi connectivity index (χ3n) is 6.23. The number of carbonyl (C=O) groups excluding carboxylic acids is 1. The molecule has 0 radical (unpaired) electrons. The van der Waals surface area contributed by atoms with Crippen LogP contribution in [0, 0.1) is 0 Å². The molecule has 1 atom stereocenters. The number of esters is 1. The fourth-order valence-corrected chi connectivity index (χ4v) is 3.99. The van der Waals surface area contributed by atoms with Crippen LogP contribution in [0.25, 0.3) is 0 Å². The molecule has 0 aromatic carbocycles. The molecule has 0 heterocycles. The molecule has 0 aromatic rings. The largest absolute Gasteiger partial charge is 0.457 e. The van der Waals surface area contributed by atoms with Crippen LogP contribution in [0.4, 0.5) is 0 Å². The van der Waals surface area contributed by atoms with Gasteiger partial charge in [0.25, 0.3) is 0 Å². The maximum Gasteiger partial charge on any atom is 0.306 e. The SMILES string of the molecule is CC/C=C\C/C=C\C/C=C\CCCCCCCCCC(=O)OC(CO)COCCCCCCCCC. The molecule has 0 fully saturated rings. The summed E-state index contributed by atoms with van der Waals surface area (Å²) in [6.07, 6.45) is 34.6. The first-order valence-electron chi connectivity index (χ1n) is 15.1. The molecule has 0 aliphatic rings. The maximum atomic E-state index is 12.0. The number of unbranched alkanes of at least 4 members (excludes halogenated alkanes) is 13. The Bertz CT molecular complexity index is 538. The second kappa shape index (κ2) is 29.8. The van der Waals surface area contributed by atoms with Crippen LogP contribution in [-0.4, -0.2) is 37.0 Å². The molecule has 1 N–H and O–H groups in total. The van der Waals surface area contributed by atoms with E-state index in [2.05, 4.69) is 50.3 Å². The van der Waals surface area contributed by atoms with E-state index in [4.69, 9.17) is 9.47 Å². The van der Waals surface area contributed by atoms with E-state index >= 15 is 0 Å². The summed E-state index contributed by atoms with van der Waals surface area (Å²) in [4.78, 5) is 12.0. The quantitative estimate of drug-likeness (QED) is 0.0686. The molecule has 0 saturated carbocycles. The lowest BCUT2D eigenvalue weighted by Crippen LogP contribution is -2.27. The summed E-state index contributed by atoms with van der Waals surface area (Å²) in [6, 6.07) is 0. The molecular weight excluding hydrogens is 448 g/mol. The number of hydrogen-bond donors (Lipinski definition) is 1. The van der Waals surface area contributed by atoms with E-state index in [-0.39, 0.29) is 12.6 Å². The van der Waals surface area contributed by atoms with Gasteiger partial charge in [-0.3, -0.25) is 4.79 Å². The van der Waals surface area contributed by atoms with Gasteiger partial charge < -0.3 is 14.6 Å². The van der Waals surface area contributed by atoms with Gasteiger partial charge in [0.1, 0.15) is 6.10 Å². The van der Waals surface area contributed by atoms with Gasteiger partial charge in [-0.05, 0) is 44.9 Å². The predicted octanol–water partition coefficient (Wildman–Crippen LogP) is 9.03. The monoisotopic (exact) mass is 506 g/mol. The summed E-state index contributed by atoms with van der Waals surface area (Å²) < 4.78 is 11.0. The van der Waals surface area contributed by atoms with Gasteiger partial charge in [0.05, 0.1) is 13.2 Å². The van der Waals surface area contributed by atoms with Crippen molar-refractivity contribution in [3.63, 3.8) is 0 Å². The van der Waals surface area contributed by atoms with Crippen molar-refractivity contribution in [1.82, 2.24) is 0 Å². The van der Waals surface area contributed by atoms with Crippen molar-refractivity contribution in [2.75, 3.05) is 19.8 Å². The van der Waals surface area contributed by atoms with E-state index in [1.54, 1.807) is 0 Å². The molecule has 0 aliphatic carbocycles. The Morgan fingerprint density at radius 3 is 1.89 bits per heavy atom. The van der Waals surface area contributed by atoms with Gasteiger partial charge >= 0.3 is 5.97 Å². The van der Waals surface area contributed by atoms with Crippen molar-refractivity contribution >= 4 is 5.97 Å². The molecule has 0 amide bonds. The number of aliphatic hydroxyl groups excluding tert-OH is 1. The van der Waals surface area contributed by atoms with Crippen LogP contribution in [0.3, 0.4) is 0 Å². The molecule has 0 spiro atoms. The number of aliphatic hydroxyl groups is 1. The van der Waals surface area contributed by atoms with Crippen LogP contribution in [-0.2, 0) is 14.3 Å². The standard InChI is InChI=1S/C32H58O4/c1-3-5-7-9-11-12-13-14-15-16-17-18-19-20-21-23-25-27-32(34)36-31(29-33)30-35-28-26-24-22-10-8-6-4-2/h5,7,11-12,14-15,31,33H,3-4,6,8-10,13,16-30H2,1-2H3/b7-5-,12-11-,15-14-. The van der Waals surface area contributed by atoms with Crippen LogP contribution in [0.2, 0.25) is 0 Å². The van der Waals surface area contributed by atoms with Crippen molar-refractivity contribution in [2.45, 2.75) is 142 Å². The minimum atomic E-state index is -0.532. The zero-order valence-corrected chi connectivity index (χ0v) is 23.8. The Morgan fingerprint density at radius 1 is 0.694 bits per heavy atom. The topological polar surface area (TPSA) is 55.8 Å². The minimum absolute atomic E-state index is 0.175.